The van der Waals surface area contributed by atoms with Crippen LogP contribution in [-0.2, 0) is 14.3 Å². The summed E-state index contributed by atoms with van der Waals surface area (Å²) in [5, 5.41) is 11.8. The zero-order valence-corrected chi connectivity index (χ0v) is 19.0. The molecule has 1 amide bonds. The third-order valence-electron chi connectivity index (χ3n) is 5.71. The van der Waals surface area contributed by atoms with Crippen molar-refractivity contribution in [1.29, 1.82) is 0 Å². The van der Waals surface area contributed by atoms with Crippen LogP contribution in [0.5, 0.6) is 0 Å². The number of carbonyl (C=O) groups is 3. The lowest BCUT2D eigenvalue weighted by molar-refractivity contribution is -0.143. The molecular weight excluding hydrogens is 446 g/mol. The fraction of sp³-hybridized carbons (Fsp3) is 0.208. The van der Waals surface area contributed by atoms with Gasteiger partial charge in [0.15, 0.2) is 0 Å². The number of hydrogen-bond donors (Lipinski definition) is 2. The van der Waals surface area contributed by atoms with Gasteiger partial charge in [0.25, 0.3) is 5.91 Å². The number of hydrogen-bond acceptors (Lipinski definition) is 5. The van der Waals surface area contributed by atoms with Gasteiger partial charge in [-0.3, -0.25) is 4.79 Å². The van der Waals surface area contributed by atoms with E-state index in [0.717, 1.165) is 16.5 Å². The Morgan fingerprint density at radius 1 is 1.21 bits per heavy atom. The van der Waals surface area contributed by atoms with E-state index in [0.29, 0.717) is 16.3 Å². The van der Waals surface area contributed by atoms with Crippen molar-refractivity contribution in [2.24, 2.45) is 0 Å². The van der Waals surface area contributed by atoms with Gasteiger partial charge in [0.05, 0.1) is 24.4 Å². The number of methoxy groups -OCH3 is 1. The molecule has 1 aliphatic rings. The molecular formula is C24H22ClN3O5. The van der Waals surface area contributed by atoms with Gasteiger partial charge in [0.2, 0.25) is 0 Å². The van der Waals surface area contributed by atoms with Crippen molar-refractivity contribution in [3.63, 3.8) is 0 Å². The Hall–Kier alpha value is -3.62. The van der Waals surface area contributed by atoms with E-state index < -0.39 is 12.0 Å². The predicted molar refractivity (Wildman–Crippen MR) is 125 cm³/mol. The lowest BCUT2D eigenvalue weighted by Crippen LogP contribution is -2.36. The number of aromatic carboxylic acids is 1. The third kappa shape index (κ3) is 4.10. The molecule has 8 nitrogen and oxygen atoms in total. The number of halogens is 1. The number of rotatable bonds is 5. The highest BCUT2D eigenvalue weighted by molar-refractivity contribution is 6.31. The van der Waals surface area contributed by atoms with Crippen LogP contribution < -0.4 is 10.4 Å². The zero-order chi connectivity index (χ0) is 23.9. The Kier molecular flexibility index (Phi) is 5.97. The zero-order valence-electron chi connectivity index (χ0n) is 18.2. The Labute approximate surface area is 195 Å². The van der Waals surface area contributed by atoms with Crippen LogP contribution in [0.25, 0.3) is 17.0 Å². The largest absolute Gasteiger partial charge is 0.478 e. The molecule has 0 radical (unpaired) electrons. The van der Waals surface area contributed by atoms with Crippen LogP contribution in [0.1, 0.15) is 35.8 Å². The van der Waals surface area contributed by atoms with Crippen LogP contribution in [-0.4, -0.2) is 40.7 Å². The number of amides is 1. The minimum absolute atomic E-state index is 0.138. The maximum Gasteiger partial charge on any atom is 0.335 e. The van der Waals surface area contributed by atoms with Gasteiger partial charge in [-0.05, 0) is 62.4 Å². The number of esters is 1. The molecule has 2 atom stereocenters. The van der Waals surface area contributed by atoms with Crippen molar-refractivity contribution in [3.8, 4) is 0 Å². The first-order chi connectivity index (χ1) is 15.7. The second kappa shape index (κ2) is 8.73. The van der Waals surface area contributed by atoms with Crippen molar-refractivity contribution >= 4 is 52.1 Å². The molecule has 0 bridgehead atoms. The molecule has 9 heteroatoms. The first kappa shape index (κ1) is 22.6. The molecule has 1 saturated heterocycles. The number of fused-ring (bicyclic) bond motifs is 1. The van der Waals surface area contributed by atoms with E-state index in [1.54, 1.807) is 48.0 Å². The Bertz CT molecular complexity index is 1300. The first-order valence-corrected chi connectivity index (χ1v) is 10.6. The summed E-state index contributed by atoms with van der Waals surface area (Å²) in [6.45, 7) is 3.60. The first-order valence-electron chi connectivity index (χ1n) is 10.2. The van der Waals surface area contributed by atoms with Crippen LogP contribution in [0, 0.1) is 0 Å². The lowest BCUT2D eigenvalue weighted by atomic mass is 10.1. The van der Waals surface area contributed by atoms with E-state index in [1.807, 2.05) is 13.0 Å². The van der Waals surface area contributed by atoms with Crippen molar-refractivity contribution in [2.75, 3.05) is 12.1 Å². The van der Waals surface area contributed by atoms with Crippen LogP contribution in [0.2, 0.25) is 5.02 Å². The summed E-state index contributed by atoms with van der Waals surface area (Å²) in [4.78, 5) is 36.5. The van der Waals surface area contributed by atoms with E-state index >= 15 is 0 Å². The van der Waals surface area contributed by atoms with Gasteiger partial charge in [-0.15, -0.1) is 0 Å². The average Bonchev–Trinajstić information content (AvgIpc) is 3.30. The molecule has 2 aromatic carbocycles. The van der Waals surface area contributed by atoms with Gasteiger partial charge < -0.3 is 14.4 Å². The van der Waals surface area contributed by atoms with E-state index in [9.17, 15) is 14.4 Å². The molecule has 2 heterocycles. The van der Waals surface area contributed by atoms with Crippen molar-refractivity contribution in [3.05, 3.63) is 70.4 Å². The number of nitrogens with one attached hydrogen (secondary N) is 1. The fourth-order valence-corrected chi connectivity index (χ4v) is 4.08. The number of aromatic nitrogens is 1. The van der Waals surface area contributed by atoms with Crippen LogP contribution in [0.3, 0.4) is 0 Å². The monoisotopic (exact) mass is 467 g/mol. The molecule has 1 aromatic heterocycles. The minimum Gasteiger partial charge on any atom is -0.478 e. The highest BCUT2D eigenvalue weighted by Gasteiger charge is 2.33. The van der Waals surface area contributed by atoms with Gasteiger partial charge in [-0.25, -0.2) is 20.0 Å². The lowest BCUT2D eigenvalue weighted by Gasteiger charge is -2.16. The van der Waals surface area contributed by atoms with E-state index in [1.165, 1.54) is 24.3 Å². The molecule has 2 N–H and O–H groups in total. The molecule has 0 aliphatic carbocycles. The van der Waals surface area contributed by atoms with E-state index in [-0.39, 0.29) is 23.5 Å². The highest BCUT2D eigenvalue weighted by Crippen LogP contribution is 2.32. The maximum absolute atomic E-state index is 13.2. The molecule has 2 unspecified atom stereocenters. The SMILES string of the molecule is COC(=O)C(C)n1cc(/C=C2\C(=O)N(c3ccc(C(=O)O)cc3)NC2C)c2cc(Cl)ccc21. The molecule has 0 saturated carbocycles. The van der Waals surface area contributed by atoms with Crippen LogP contribution >= 0.6 is 11.6 Å². The highest BCUT2D eigenvalue weighted by atomic mass is 35.5. The van der Waals surface area contributed by atoms with Gasteiger partial charge >= 0.3 is 11.9 Å². The van der Waals surface area contributed by atoms with Crippen LogP contribution in [0.4, 0.5) is 5.69 Å². The third-order valence-corrected chi connectivity index (χ3v) is 5.94. The quantitative estimate of drug-likeness (QED) is 0.433. The predicted octanol–water partition coefficient (Wildman–Crippen LogP) is 4.05. The fourth-order valence-electron chi connectivity index (χ4n) is 3.91. The Morgan fingerprint density at radius 2 is 1.91 bits per heavy atom. The standard InChI is InChI=1S/C24H22ClN3O5/c1-13-19(22(29)28(26-13)18-7-4-15(5-8-18)23(30)31)10-16-12-27(14(2)24(32)33-3)21-9-6-17(25)11-20(16)21/h4-14,26H,1-3H3,(H,30,31)/b19-10-. The smallest absolute Gasteiger partial charge is 0.335 e. The van der Waals surface area contributed by atoms with Crippen LogP contribution in [0.15, 0.2) is 54.2 Å². The molecule has 33 heavy (non-hydrogen) atoms. The molecule has 0 spiro atoms. The number of anilines is 1. The number of nitrogens with zero attached hydrogens (tertiary/aromatic N) is 2. The summed E-state index contributed by atoms with van der Waals surface area (Å²) in [5.74, 6) is -1.68. The molecule has 1 aliphatic heterocycles. The summed E-state index contributed by atoms with van der Waals surface area (Å²) in [6.07, 6.45) is 3.59. The topological polar surface area (TPSA) is 101 Å². The second-order valence-corrected chi connectivity index (χ2v) is 8.23. The summed E-state index contributed by atoms with van der Waals surface area (Å²) in [7, 11) is 1.34. The second-order valence-electron chi connectivity index (χ2n) is 7.80. The van der Waals surface area contributed by atoms with Gasteiger partial charge in [-0.2, -0.15) is 0 Å². The van der Waals surface area contributed by atoms with Gasteiger partial charge in [0.1, 0.15) is 6.04 Å². The maximum atomic E-state index is 13.2. The Morgan fingerprint density at radius 3 is 2.55 bits per heavy atom. The number of carboxylic acids is 1. The molecule has 4 rings (SSSR count). The van der Waals surface area contributed by atoms with Gasteiger partial charge in [-0.1, -0.05) is 11.6 Å². The van der Waals surface area contributed by atoms with Crippen molar-refractivity contribution in [2.45, 2.75) is 25.9 Å². The van der Waals surface area contributed by atoms with Crippen molar-refractivity contribution < 1.29 is 24.2 Å². The van der Waals surface area contributed by atoms with Crippen molar-refractivity contribution in [1.82, 2.24) is 9.99 Å². The number of carboxylic acid groups (broad SMARTS) is 1. The van der Waals surface area contributed by atoms with Gasteiger partial charge in [0, 0.05) is 33.3 Å². The summed E-state index contributed by atoms with van der Waals surface area (Å²) < 4.78 is 6.69. The number of ether oxygens (including phenoxy) is 1. The summed E-state index contributed by atoms with van der Waals surface area (Å²) in [6, 6.07) is 10.6. The molecule has 3 aromatic rings. The number of benzene rings is 2. The minimum atomic E-state index is -1.03. The average molecular weight is 468 g/mol. The normalized spacial score (nSPS) is 18.2. The molecule has 1 fully saturated rings. The van der Waals surface area contributed by atoms with E-state index in [4.69, 9.17) is 21.4 Å². The summed E-state index contributed by atoms with van der Waals surface area (Å²) >= 11 is 6.23. The van der Waals surface area contributed by atoms with E-state index in [2.05, 4.69) is 5.43 Å². The number of hydrazine groups is 1. The molecule has 170 valence electrons. The number of carbonyl (C=O) groups excluding carboxylic acids is 2. The Balaban J connectivity index is 1.74. The summed E-state index contributed by atoms with van der Waals surface area (Å²) in [5.41, 5.74) is 5.83.